The quantitative estimate of drug-likeness (QED) is 0.907. The Bertz CT molecular complexity index is 541. The minimum Gasteiger partial charge on any atom is -0.481 e. The largest absolute Gasteiger partial charge is 0.481 e. The molecule has 1 saturated heterocycles. The summed E-state index contributed by atoms with van der Waals surface area (Å²) in [5.74, 6) is 0.921. The van der Waals surface area contributed by atoms with Gasteiger partial charge in [-0.1, -0.05) is 20.8 Å². The number of anilines is 1. The summed E-state index contributed by atoms with van der Waals surface area (Å²) in [5.41, 5.74) is 2.01. The molecule has 1 fully saturated rings. The number of piperidine rings is 1. The highest BCUT2D eigenvalue weighted by molar-refractivity contribution is 5.70. The first-order valence-electron chi connectivity index (χ1n) is 7.53. The SMILES string of the molecule is Cc1nc(C(C)(C)C)nc(N2CCC(C(=O)O)CC2)c1C. The van der Waals surface area contributed by atoms with Crippen molar-refractivity contribution in [2.75, 3.05) is 18.0 Å². The van der Waals surface area contributed by atoms with E-state index in [1.807, 2.05) is 13.8 Å². The van der Waals surface area contributed by atoms with Gasteiger partial charge in [0.2, 0.25) is 0 Å². The van der Waals surface area contributed by atoms with E-state index in [4.69, 9.17) is 10.1 Å². The Kier molecular flexibility index (Phi) is 4.21. The summed E-state index contributed by atoms with van der Waals surface area (Å²) in [5, 5.41) is 9.10. The summed E-state index contributed by atoms with van der Waals surface area (Å²) in [6.07, 6.45) is 1.37. The molecule has 0 spiro atoms. The number of aromatic nitrogens is 2. The van der Waals surface area contributed by atoms with E-state index in [1.54, 1.807) is 0 Å². The fourth-order valence-corrected chi connectivity index (χ4v) is 2.60. The van der Waals surface area contributed by atoms with Crippen LogP contribution in [0.2, 0.25) is 0 Å². The lowest BCUT2D eigenvalue weighted by molar-refractivity contribution is -0.142. The van der Waals surface area contributed by atoms with E-state index >= 15 is 0 Å². The molecule has 5 nitrogen and oxygen atoms in total. The van der Waals surface area contributed by atoms with E-state index in [9.17, 15) is 4.79 Å². The maximum absolute atomic E-state index is 11.1. The van der Waals surface area contributed by atoms with E-state index < -0.39 is 5.97 Å². The van der Waals surface area contributed by atoms with Gasteiger partial charge in [0.05, 0.1) is 5.92 Å². The summed E-state index contributed by atoms with van der Waals surface area (Å²) in [6, 6.07) is 0. The second kappa shape index (κ2) is 5.62. The van der Waals surface area contributed by atoms with Gasteiger partial charge in [-0.15, -0.1) is 0 Å². The molecule has 1 aromatic heterocycles. The first-order chi connectivity index (χ1) is 9.70. The van der Waals surface area contributed by atoms with Crippen molar-refractivity contribution in [2.45, 2.75) is 52.9 Å². The summed E-state index contributed by atoms with van der Waals surface area (Å²) in [7, 11) is 0. The monoisotopic (exact) mass is 291 g/mol. The van der Waals surface area contributed by atoms with Gasteiger partial charge in [-0.2, -0.15) is 0 Å². The lowest BCUT2D eigenvalue weighted by atomic mass is 9.94. The maximum atomic E-state index is 11.1. The molecule has 116 valence electrons. The Morgan fingerprint density at radius 1 is 1.19 bits per heavy atom. The molecule has 0 unspecified atom stereocenters. The van der Waals surface area contributed by atoms with Crippen LogP contribution in [0.15, 0.2) is 0 Å². The van der Waals surface area contributed by atoms with Crippen molar-refractivity contribution < 1.29 is 9.90 Å². The standard InChI is InChI=1S/C16H25N3O2/c1-10-11(2)17-15(16(3,4)5)18-13(10)19-8-6-12(7-9-19)14(20)21/h12H,6-9H2,1-5H3,(H,20,21). The molecule has 0 aliphatic carbocycles. The zero-order valence-electron chi connectivity index (χ0n) is 13.6. The van der Waals surface area contributed by atoms with Crippen LogP contribution >= 0.6 is 0 Å². The van der Waals surface area contributed by atoms with Crippen molar-refractivity contribution in [3.05, 3.63) is 17.1 Å². The van der Waals surface area contributed by atoms with Crippen LogP contribution in [0.3, 0.4) is 0 Å². The summed E-state index contributed by atoms with van der Waals surface area (Å²) >= 11 is 0. The third kappa shape index (κ3) is 3.34. The molecule has 0 saturated carbocycles. The summed E-state index contributed by atoms with van der Waals surface area (Å²) < 4.78 is 0. The molecule has 2 rings (SSSR count). The Morgan fingerprint density at radius 3 is 2.24 bits per heavy atom. The van der Waals surface area contributed by atoms with E-state index in [0.717, 1.165) is 36.0 Å². The van der Waals surface area contributed by atoms with Gasteiger partial charge < -0.3 is 10.0 Å². The van der Waals surface area contributed by atoms with Crippen molar-refractivity contribution in [3.8, 4) is 0 Å². The van der Waals surface area contributed by atoms with Crippen molar-refractivity contribution in [2.24, 2.45) is 5.92 Å². The lowest BCUT2D eigenvalue weighted by Gasteiger charge is -2.33. The van der Waals surface area contributed by atoms with Crippen LogP contribution in [-0.4, -0.2) is 34.1 Å². The predicted molar refractivity (Wildman–Crippen MR) is 82.8 cm³/mol. The third-order valence-corrected chi connectivity index (χ3v) is 4.18. The zero-order valence-corrected chi connectivity index (χ0v) is 13.6. The summed E-state index contributed by atoms with van der Waals surface area (Å²) in [6.45, 7) is 11.9. The smallest absolute Gasteiger partial charge is 0.306 e. The molecule has 0 bridgehead atoms. The van der Waals surface area contributed by atoms with Crippen LogP contribution in [0.1, 0.15) is 50.7 Å². The number of carboxylic acids is 1. The van der Waals surface area contributed by atoms with Crippen LogP contribution < -0.4 is 4.90 Å². The van der Waals surface area contributed by atoms with E-state index in [-0.39, 0.29) is 11.3 Å². The van der Waals surface area contributed by atoms with Crippen LogP contribution in [-0.2, 0) is 10.2 Å². The minimum atomic E-state index is -0.680. The molecule has 1 aliphatic rings. The predicted octanol–water partition coefficient (Wildman–Crippen LogP) is 2.69. The summed E-state index contributed by atoms with van der Waals surface area (Å²) in [4.78, 5) is 22.6. The van der Waals surface area contributed by atoms with E-state index in [1.165, 1.54) is 0 Å². The fourth-order valence-electron chi connectivity index (χ4n) is 2.60. The number of aliphatic carboxylic acids is 1. The van der Waals surface area contributed by atoms with Crippen LogP contribution in [0.25, 0.3) is 0 Å². The number of nitrogens with zero attached hydrogens (tertiary/aromatic N) is 3. The number of rotatable bonds is 2. The molecule has 1 aliphatic heterocycles. The van der Waals surface area contributed by atoms with Crippen molar-refractivity contribution in [1.82, 2.24) is 9.97 Å². The highest BCUT2D eigenvalue weighted by atomic mass is 16.4. The maximum Gasteiger partial charge on any atom is 0.306 e. The van der Waals surface area contributed by atoms with Crippen LogP contribution in [0.5, 0.6) is 0 Å². The Hall–Kier alpha value is -1.65. The topological polar surface area (TPSA) is 66.3 Å². The highest BCUT2D eigenvalue weighted by Gasteiger charge is 2.27. The molecular weight excluding hydrogens is 266 g/mol. The van der Waals surface area contributed by atoms with Gasteiger partial charge in [0.1, 0.15) is 11.6 Å². The number of carbonyl (C=O) groups is 1. The molecule has 5 heteroatoms. The van der Waals surface area contributed by atoms with Gasteiger partial charge >= 0.3 is 5.97 Å². The average molecular weight is 291 g/mol. The zero-order chi connectivity index (χ0) is 15.8. The molecule has 0 atom stereocenters. The van der Waals surface area contributed by atoms with Crippen LogP contribution in [0.4, 0.5) is 5.82 Å². The molecule has 1 aromatic rings. The lowest BCUT2D eigenvalue weighted by Crippen LogP contribution is -2.37. The highest BCUT2D eigenvalue weighted by Crippen LogP contribution is 2.28. The Morgan fingerprint density at radius 2 is 1.76 bits per heavy atom. The van der Waals surface area contributed by atoms with Crippen molar-refractivity contribution in [1.29, 1.82) is 0 Å². The molecule has 0 aromatic carbocycles. The second-order valence-electron chi connectivity index (χ2n) is 6.93. The minimum absolute atomic E-state index is 0.0907. The molecule has 0 radical (unpaired) electrons. The van der Waals surface area contributed by atoms with Gasteiger partial charge in [0, 0.05) is 29.8 Å². The van der Waals surface area contributed by atoms with Gasteiger partial charge in [-0.05, 0) is 26.7 Å². The third-order valence-electron chi connectivity index (χ3n) is 4.18. The number of hydrogen-bond acceptors (Lipinski definition) is 4. The number of hydrogen-bond donors (Lipinski definition) is 1. The molecule has 0 amide bonds. The second-order valence-corrected chi connectivity index (χ2v) is 6.93. The Labute approximate surface area is 126 Å². The number of aryl methyl sites for hydroxylation is 1. The first kappa shape index (κ1) is 15.7. The molecule has 2 heterocycles. The van der Waals surface area contributed by atoms with E-state index in [2.05, 4.69) is 30.7 Å². The van der Waals surface area contributed by atoms with Crippen molar-refractivity contribution >= 4 is 11.8 Å². The molecular formula is C16H25N3O2. The normalized spacial score (nSPS) is 17.1. The first-order valence-corrected chi connectivity index (χ1v) is 7.53. The van der Waals surface area contributed by atoms with Gasteiger partial charge in [-0.3, -0.25) is 4.79 Å². The van der Waals surface area contributed by atoms with Gasteiger partial charge in [0.15, 0.2) is 0 Å². The van der Waals surface area contributed by atoms with Gasteiger partial charge in [-0.25, -0.2) is 9.97 Å². The average Bonchev–Trinajstić information content (AvgIpc) is 2.40. The Balaban J connectivity index is 2.28. The molecule has 21 heavy (non-hydrogen) atoms. The van der Waals surface area contributed by atoms with Crippen molar-refractivity contribution in [3.63, 3.8) is 0 Å². The van der Waals surface area contributed by atoms with Gasteiger partial charge in [0.25, 0.3) is 0 Å². The fraction of sp³-hybridized carbons (Fsp3) is 0.688. The molecule has 1 N–H and O–H groups in total. The number of carboxylic acid groups (broad SMARTS) is 1. The van der Waals surface area contributed by atoms with E-state index in [0.29, 0.717) is 12.8 Å². The van der Waals surface area contributed by atoms with Crippen LogP contribution in [0, 0.1) is 19.8 Å².